The highest BCUT2D eigenvalue weighted by Gasteiger charge is 2.21. The van der Waals surface area contributed by atoms with Gasteiger partial charge >= 0.3 is 0 Å². The van der Waals surface area contributed by atoms with Crippen molar-refractivity contribution < 1.29 is 4.74 Å². The highest BCUT2D eigenvalue weighted by atomic mass is 16.5. The van der Waals surface area contributed by atoms with Gasteiger partial charge in [-0.25, -0.2) is 0 Å². The van der Waals surface area contributed by atoms with Crippen LogP contribution in [0.5, 0.6) is 0 Å². The maximum Gasteiger partial charge on any atom is 0.0726 e. The van der Waals surface area contributed by atoms with Crippen molar-refractivity contribution in [3.63, 3.8) is 0 Å². The van der Waals surface area contributed by atoms with E-state index in [2.05, 4.69) is 32.3 Å². The normalized spacial score (nSPS) is 28.1. The Balaban J connectivity index is 2.65. The maximum absolute atomic E-state index is 5.69. The Morgan fingerprint density at radius 1 is 1.31 bits per heavy atom. The Labute approximate surface area is 98.3 Å². The van der Waals surface area contributed by atoms with Crippen LogP contribution in [0.15, 0.2) is 36.2 Å². The molecule has 3 nitrogen and oxygen atoms in total. The van der Waals surface area contributed by atoms with Crippen LogP contribution in [0.2, 0.25) is 0 Å². The fourth-order valence-corrected chi connectivity index (χ4v) is 1.86. The van der Waals surface area contributed by atoms with Crippen molar-refractivity contribution in [2.45, 2.75) is 33.0 Å². The zero-order chi connectivity index (χ0) is 12.1. The summed E-state index contributed by atoms with van der Waals surface area (Å²) in [4.78, 5) is 2.33. The van der Waals surface area contributed by atoms with Crippen molar-refractivity contribution in [3.05, 3.63) is 36.2 Å². The van der Waals surface area contributed by atoms with Crippen molar-refractivity contribution in [3.8, 4) is 0 Å². The van der Waals surface area contributed by atoms with Crippen LogP contribution < -0.4 is 5.73 Å². The zero-order valence-corrected chi connectivity index (χ0v) is 10.4. The topological polar surface area (TPSA) is 38.5 Å². The first kappa shape index (κ1) is 12.8. The second-order valence-electron chi connectivity index (χ2n) is 4.34. The molecule has 1 heterocycles. The first-order valence-electron chi connectivity index (χ1n) is 5.69. The molecular weight excluding hydrogens is 200 g/mol. The van der Waals surface area contributed by atoms with Gasteiger partial charge in [-0.05, 0) is 39.0 Å². The molecule has 2 N–H and O–H groups in total. The lowest BCUT2D eigenvalue weighted by Crippen LogP contribution is -2.44. The third-order valence-electron chi connectivity index (χ3n) is 2.67. The Hall–Kier alpha value is -1.22. The van der Waals surface area contributed by atoms with Gasteiger partial charge in [0.1, 0.15) is 0 Å². The maximum atomic E-state index is 5.69. The first-order chi connectivity index (χ1) is 7.52. The summed E-state index contributed by atoms with van der Waals surface area (Å²) in [6.07, 6.45) is 6.13. The minimum absolute atomic E-state index is 0.285. The summed E-state index contributed by atoms with van der Waals surface area (Å²) in [5, 5.41) is 0. The third-order valence-corrected chi connectivity index (χ3v) is 2.67. The van der Waals surface area contributed by atoms with E-state index in [1.54, 1.807) is 6.08 Å². The SMILES string of the molecule is C=C/C(N)=C\C=C(/C)N1CC(C)OC(C)C1. The van der Waals surface area contributed by atoms with Gasteiger partial charge in [0.25, 0.3) is 0 Å². The van der Waals surface area contributed by atoms with E-state index < -0.39 is 0 Å². The fraction of sp³-hybridized carbons (Fsp3) is 0.538. The van der Waals surface area contributed by atoms with Gasteiger partial charge in [-0.1, -0.05) is 6.58 Å². The van der Waals surface area contributed by atoms with Crippen molar-refractivity contribution in [1.82, 2.24) is 4.90 Å². The standard InChI is InChI=1S/C13H22N2O/c1-5-13(14)7-6-10(2)15-8-11(3)16-12(4)9-15/h5-7,11-12H,1,8-9,14H2,2-4H3/b10-6+,13-7+. The van der Waals surface area contributed by atoms with Crippen LogP contribution in [0.25, 0.3) is 0 Å². The number of nitrogens with zero attached hydrogens (tertiary/aromatic N) is 1. The van der Waals surface area contributed by atoms with Gasteiger partial charge in [0.15, 0.2) is 0 Å². The molecule has 1 saturated heterocycles. The van der Waals surface area contributed by atoms with Gasteiger partial charge < -0.3 is 15.4 Å². The Morgan fingerprint density at radius 3 is 2.38 bits per heavy atom. The molecule has 3 heteroatoms. The van der Waals surface area contributed by atoms with Crippen LogP contribution in [-0.2, 0) is 4.74 Å². The summed E-state index contributed by atoms with van der Waals surface area (Å²) in [5.41, 5.74) is 7.56. The summed E-state index contributed by atoms with van der Waals surface area (Å²) in [5.74, 6) is 0. The second-order valence-corrected chi connectivity index (χ2v) is 4.34. The van der Waals surface area contributed by atoms with E-state index in [1.165, 1.54) is 5.70 Å². The Morgan fingerprint density at radius 2 is 1.88 bits per heavy atom. The summed E-state index contributed by atoms with van der Waals surface area (Å²) in [7, 11) is 0. The number of rotatable bonds is 3. The summed E-state index contributed by atoms with van der Waals surface area (Å²) in [6.45, 7) is 11.8. The van der Waals surface area contributed by atoms with E-state index in [0.29, 0.717) is 5.70 Å². The minimum atomic E-state index is 0.285. The summed E-state index contributed by atoms with van der Waals surface area (Å²) >= 11 is 0. The lowest BCUT2D eigenvalue weighted by atomic mass is 10.2. The summed E-state index contributed by atoms with van der Waals surface area (Å²) < 4.78 is 5.69. The smallest absolute Gasteiger partial charge is 0.0726 e. The zero-order valence-electron chi connectivity index (χ0n) is 10.4. The molecule has 0 aromatic rings. The second kappa shape index (κ2) is 5.75. The molecule has 1 fully saturated rings. The van der Waals surface area contributed by atoms with Gasteiger partial charge in [-0.3, -0.25) is 0 Å². The minimum Gasteiger partial charge on any atom is -0.399 e. The molecule has 90 valence electrons. The van der Waals surface area contributed by atoms with Gasteiger partial charge in [0.05, 0.1) is 12.2 Å². The molecule has 1 rings (SSSR count). The highest BCUT2D eigenvalue weighted by molar-refractivity contribution is 5.21. The molecule has 0 radical (unpaired) electrons. The third kappa shape index (κ3) is 3.74. The number of hydrogen-bond donors (Lipinski definition) is 1. The molecule has 1 aliphatic heterocycles. The number of morpholine rings is 1. The van der Waals surface area contributed by atoms with Gasteiger partial charge in [-0.2, -0.15) is 0 Å². The lowest BCUT2D eigenvalue weighted by molar-refractivity contribution is -0.0577. The van der Waals surface area contributed by atoms with Gasteiger partial charge in [0.2, 0.25) is 0 Å². The molecule has 0 aliphatic carbocycles. The molecule has 0 amide bonds. The molecule has 0 bridgehead atoms. The number of nitrogens with two attached hydrogens (primary N) is 1. The van der Waals surface area contributed by atoms with Crippen molar-refractivity contribution in [2.24, 2.45) is 5.73 Å². The fourth-order valence-electron chi connectivity index (χ4n) is 1.86. The average Bonchev–Trinajstić information content (AvgIpc) is 2.23. The van der Waals surface area contributed by atoms with E-state index >= 15 is 0 Å². The Bertz CT molecular complexity index is 297. The Kier molecular flexibility index (Phi) is 4.62. The summed E-state index contributed by atoms with van der Waals surface area (Å²) in [6, 6.07) is 0. The van der Waals surface area contributed by atoms with Crippen molar-refractivity contribution >= 4 is 0 Å². The lowest BCUT2D eigenvalue weighted by Gasteiger charge is -2.37. The monoisotopic (exact) mass is 222 g/mol. The predicted octanol–water partition coefficient (Wildman–Crippen LogP) is 2.03. The first-order valence-corrected chi connectivity index (χ1v) is 5.69. The quantitative estimate of drug-likeness (QED) is 0.743. The molecule has 0 aromatic heterocycles. The van der Waals surface area contributed by atoms with Crippen LogP contribution in [0.1, 0.15) is 20.8 Å². The molecule has 0 spiro atoms. The van der Waals surface area contributed by atoms with Crippen LogP contribution in [0.4, 0.5) is 0 Å². The van der Waals surface area contributed by atoms with Gasteiger partial charge in [-0.15, -0.1) is 0 Å². The molecule has 2 unspecified atom stereocenters. The van der Waals surface area contributed by atoms with E-state index in [1.807, 2.05) is 12.2 Å². The van der Waals surface area contributed by atoms with Crippen LogP contribution >= 0.6 is 0 Å². The van der Waals surface area contributed by atoms with Crippen LogP contribution in [-0.4, -0.2) is 30.2 Å². The van der Waals surface area contributed by atoms with E-state index in [9.17, 15) is 0 Å². The number of allylic oxidation sites excluding steroid dienone is 4. The number of hydrogen-bond acceptors (Lipinski definition) is 3. The van der Waals surface area contributed by atoms with Crippen LogP contribution in [0, 0.1) is 0 Å². The number of ether oxygens (including phenoxy) is 1. The molecule has 0 saturated carbocycles. The van der Waals surface area contributed by atoms with Crippen LogP contribution in [0.3, 0.4) is 0 Å². The molecule has 16 heavy (non-hydrogen) atoms. The predicted molar refractivity (Wildman–Crippen MR) is 67.8 cm³/mol. The van der Waals surface area contributed by atoms with Crippen molar-refractivity contribution in [1.29, 1.82) is 0 Å². The molecule has 1 aliphatic rings. The largest absolute Gasteiger partial charge is 0.399 e. The van der Waals surface area contributed by atoms with Gasteiger partial charge in [0, 0.05) is 24.5 Å². The highest BCUT2D eigenvalue weighted by Crippen LogP contribution is 2.15. The average molecular weight is 222 g/mol. The molecular formula is C13H22N2O. The van der Waals surface area contributed by atoms with E-state index in [-0.39, 0.29) is 12.2 Å². The molecule has 2 atom stereocenters. The van der Waals surface area contributed by atoms with E-state index in [4.69, 9.17) is 10.5 Å². The van der Waals surface area contributed by atoms with E-state index in [0.717, 1.165) is 13.1 Å². The molecule has 0 aromatic carbocycles. The van der Waals surface area contributed by atoms with Crippen molar-refractivity contribution in [2.75, 3.05) is 13.1 Å².